The number of halogens is 1. The Morgan fingerprint density at radius 3 is 2.50 bits per heavy atom. The Balaban J connectivity index is 1.53. The molecule has 1 heterocycles. The summed E-state index contributed by atoms with van der Waals surface area (Å²) in [7, 11) is 0. The van der Waals surface area contributed by atoms with Gasteiger partial charge >= 0.3 is 0 Å². The lowest BCUT2D eigenvalue weighted by molar-refractivity contribution is 0.303. The van der Waals surface area contributed by atoms with E-state index in [1.807, 2.05) is 32.0 Å². The molecule has 0 amide bonds. The maximum absolute atomic E-state index is 6.19. The van der Waals surface area contributed by atoms with E-state index in [1.54, 1.807) is 0 Å². The van der Waals surface area contributed by atoms with E-state index in [4.69, 9.17) is 16.3 Å². The molecule has 24 heavy (non-hydrogen) atoms. The maximum atomic E-state index is 6.19. The predicted octanol–water partition coefficient (Wildman–Crippen LogP) is 5.47. The average Bonchev–Trinajstić information content (AvgIpc) is 2.88. The van der Waals surface area contributed by atoms with Gasteiger partial charge in [0.2, 0.25) is 0 Å². The van der Waals surface area contributed by atoms with E-state index in [2.05, 4.69) is 34.7 Å². The molecule has 1 aromatic heterocycles. The predicted molar refractivity (Wildman–Crippen MR) is 100 cm³/mol. The largest absolute Gasteiger partial charge is 0.494 e. The molecule has 0 atom stereocenters. The van der Waals surface area contributed by atoms with Gasteiger partial charge in [-0.2, -0.15) is 0 Å². The Kier molecular flexibility index (Phi) is 5.10. The molecule has 0 radical (unpaired) electrons. The van der Waals surface area contributed by atoms with Gasteiger partial charge in [-0.3, -0.25) is 0 Å². The number of rotatable bonds is 6. The zero-order chi connectivity index (χ0) is 17.1. The first-order chi connectivity index (χ1) is 11.6. The lowest BCUT2D eigenvalue weighted by Gasteiger charge is -2.11. The van der Waals surface area contributed by atoms with Crippen LogP contribution in [0.1, 0.15) is 29.8 Å². The molecule has 0 aliphatic heterocycles. The van der Waals surface area contributed by atoms with Crippen molar-refractivity contribution in [1.82, 2.24) is 9.55 Å². The first-order valence-electron chi connectivity index (χ1n) is 8.37. The summed E-state index contributed by atoms with van der Waals surface area (Å²) in [6, 6.07) is 12.3. The summed E-state index contributed by atoms with van der Waals surface area (Å²) in [5.74, 6) is 1.97. The van der Waals surface area contributed by atoms with E-state index >= 15 is 0 Å². The van der Waals surface area contributed by atoms with Crippen LogP contribution in [-0.2, 0) is 6.54 Å². The normalized spacial score (nSPS) is 11.2. The van der Waals surface area contributed by atoms with E-state index in [1.165, 1.54) is 5.52 Å². The third kappa shape index (κ3) is 3.57. The average molecular weight is 343 g/mol. The second-order valence-corrected chi connectivity index (χ2v) is 6.60. The van der Waals surface area contributed by atoms with Gasteiger partial charge in [0.15, 0.2) is 0 Å². The smallest absolute Gasteiger partial charge is 0.119 e. The maximum Gasteiger partial charge on any atom is 0.119 e. The molecule has 0 fully saturated rings. The van der Waals surface area contributed by atoms with Crippen LogP contribution in [0.5, 0.6) is 5.75 Å². The molecule has 0 saturated carbocycles. The number of aromatic nitrogens is 2. The Hall–Kier alpha value is -2.00. The molecule has 0 spiro atoms. The van der Waals surface area contributed by atoms with Crippen molar-refractivity contribution in [3.63, 3.8) is 0 Å². The lowest BCUT2D eigenvalue weighted by atomic mass is 10.1. The molecule has 0 saturated heterocycles. The van der Waals surface area contributed by atoms with E-state index < -0.39 is 0 Å². The number of hydrogen-bond acceptors (Lipinski definition) is 2. The van der Waals surface area contributed by atoms with E-state index in [0.29, 0.717) is 6.61 Å². The van der Waals surface area contributed by atoms with Gasteiger partial charge in [-0.15, -0.1) is 0 Å². The molecule has 3 nitrogen and oxygen atoms in total. The van der Waals surface area contributed by atoms with Gasteiger partial charge < -0.3 is 9.30 Å². The molecule has 3 aromatic rings. The molecular formula is C20H23ClN2O. The zero-order valence-electron chi connectivity index (χ0n) is 14.5. The summed E-state index contributed by atoms with van der Waals surface area (Å²) in [6.07, 6.45) is 2.07. The van der Waals surface area contributed by atoms with Crippen molar-refractivity contribution in [2.75, 3.05) is 6.61 Å². The topological polar surface area (TPSA) is 27.1 Å². The van der Waals surface area contributed by atoms with Gasteiger partial charge in [0.1, 0.15) is 11.6 Å². The van der Waals surface area contributed by atoms with Crippen LogP contribution in [0, 0.1) is 20.8 Å². The Bertz CT molecular complexity index is 831. The standard InChI is InChI=1S/C20H23ClN2O/c1-14-12-17(13-15(2)20(14)21)24-11-7-6-10-23-16(3)22-18-8-4-5-9-19(18)23/h4-5,8-9,12-13H,6-7,10-11H2,1-3H3. The Labute approximate surface area is 148 Å². The number of para-hydroxylation sites is 2. The lowest BCUT2D eigenvalue weighted by Crippen LogP contribution is -2.04. The third-order valence-corrected chi connectivity index (χ3v) is 4.90. The highest BCUT2D eigenvalue weighted by Gasteiger charge is 2.06. The van der Waals surface area contributed by atoms with Crippen molar-refractivity contribution in [3.05, 3.63) is 58.4 Å². The van der Waals surface area contributed by atoms with Crippen LogP contribution in [0.25, 0.3) is 11.0 Å². The fourth-order valence-electron chi connectivity index (χ4n) is 3.03. The molecule has 2 aromatic carbocycles. The van der Waals surface area contributed by atoms with Crippen LogP contribution in [0.15, 0.2) is 36.4 Å². The van der Waals surface area contributed by atoms with Crippen molar-refractivity contribution in [3.8, 4) is 5.75 Å². The van der Waals surface area contributed by atoms with Gasteiger partial charge in [-0.25, -0.2) is 4.98 Å². The minimum Gasteiger partial charge on any atom is -0.494 e. The first-order valence-corrected chi connectivity index (χ1v) is 8.75. The van der Waals surface area contributed by atoms with E-state index in [0.717, 1.165) is 52.6 Å². The summed E-state index contributed by atoms with van der Waals surface area (Å²) in [5, 5.41) is 0.824. The second kappa shape index (κ2) is 7.27. The molecule has 0 bridgehead atoms. The zero-order valence-corrected chi connectivity index (χ0v) is 15.2. The van der Waals surface area contributed by atoms with Crippen molar-refractivity contribution < 1.29 is 4.74 Å². The minimum atomic E-state index is 0.714. The molecule has 0 N–H and O–H groups in total. The summed E-state index contributed by atoms with van der Waals surface area (Å²) >= 11 is 6.19. The number of unbranched alkanes of at least 4 members (excludes halogenated alkanes) is 1. The minimum absolute atomic E-state index is 0.714. The first kappa shape index (κ1) is 16.8. The van der Waals surface area contributed by atoms with Crippen molar-refractivity contribution in [2.24, 2.45) is 0 Å². The summed E-state index contributed by atoms with van der Waals surface area (Å²) < 4.78 is 8.16. The second-order valence-electron chi connectivity index (χ2n) is 6.23. The third-order valence-electron chi connectivity index (χ3n) is 4.30. The molecule has 0 unspecified atom stereocenters. The summed E-state index contributed by atoms with van der Waals surface area (Å²) in [5.41, 5.74) is 4.40. The van der Waals surface area contributed by atoms with Gasteiger partial charge in [0, 0.05) is 11.6 Å². The van der Waals surface area contributed by atoms with Crippen molar-refractivity contribution in [1.29, 1.82) is 0 Å². The number of imidazole rings is 1. The Morgan fingerprint density at radius 1 is 1.04 bits per heavy atom. The summed E-state index contributed by atoms with van der Waals surface area (Å²) in [6.45, 7) is 7.76. The summed E-state index contributed by atoms with van der Waals surface area (Å²) in [4.78, 5) is 4.61. The number of nitrogens with zero attached hydrogens (tertiary/aromatic N) is 2. The number of aryl methyl sites for hydroxylation is 4. The van der Waals surface area contributed by atoms with Crippen LogP contribution in [-0.4, -0.2) is 16.2 Å². The molecule has 3 rings (SSSR count). The fraction of sp³-hybridized carbons (Fsp3) is 0.350. The van der Waals surface area contributed by atoms with E-state index in [-0.39, 0.29) is 0 Å². The van der Waals surface area contributed by atoms with Crippen molar-refractivity contribution >= 4 is 22.6 Å². The Morgan fingerprint density at radius 2 is 1.75 bits per heavy atom. The van der Waals surface area contributed by atoms with Crippen molar-refractivity contribution in [2.45, 2.75) is 40.2 Å². The van der Waals surface area contributed by atoms with Gasteiger partial charge in [-0.05, 0) is 69.0 Å². The fourth-order valence-corrected chi connectivity index (χ4v) is 3.14. The highest BCUT2D eigenvalue weighted by molar-refractivity contribution is 6.32. The van der Waals surface area contributed by atoms with Crippen LogP contribution in [0.2, 0.25) is 5.02 Å². The van der Waals surface area contributed by atoms with Gasteiger partial charge in [0.25, 0.3) is 0 Å². The highest BCUT2D eigenvalue weighted by Crippen LogP contribution is 2.26. The molecular weight excluding hydrogens is 320 g/mol. The van der Waals surface area contributed by atoms with Gasteiger partial charge in [-0.1, -0.05) is 23.7 Å². The van der Waals surface area contributed by atoms with Crippen LogP contribution in [0.3, 0.4) is 0 Å². The highest BCUT2D eigenvalue weighted by atomic mass is 35.5. The molecule has 0 aliphatic carbocycles. The monoisotopic (exact) mass is 342 g/mol. The number of benzene rings is 2. The van der Waals surface area contributed by atoms with Gasteiger partial charge in [0.05, 0.1) is 17.6 Å². The SMILES string of the molecule is Cc1cc(OCCCCn2c(C)nc3ccccc32)cc(C)c1Cl. The van der Waals surface area contributed by atoms with Crippen LogP contribution < -0.4 is 4.74 Å². The molecule has 4 heteroatoms. The van der Waals surface area contributed by atoms with Crippen LogP contribution in [0.4, 0.5) is 0 Å². The number of ether oxygens (including phenoxy) is 1. The molecule has 0 aliphatic rings. The molecule has 126 valence electrons. The number of hydrogen-bond donors (Lipinski definition) is 0. The number of fused-ring (bicyclic) bond motifs is 1. The quantitative estimate of drug-likeness (QED) is 0.555. The van der Waals surface area contributed by atoms with E-state index in [9.17, 15) is 0 Å². The van der Waals surface area contributed by atoms with Crippen LogP contribution >= 0.6 is 11.6 Å².